The van der Waals surface area contributed by atoms with Gasteiger partial charge in [-0.05, 0) is 19.8 Å². The van der Waals surface area contributed by atoms with Crippen LogP contribution in [-0.2, 0) is 4.79 Å². The molecule has 1 amide bonds. The summed E-state index contributed by atoms with van der Waals surface area (Å²) in [5.74, 6) is 0.365. The molecule has 0 bridgehead atoms. The predicted molar refractivity (Wildman–Crippen MR) is 64.7 cm³/mol. The molecule has 1 aliphatic carbocycles. The van der Waals surface area contributed by atoms with Gasteiger partial charge in [-0.1, -0.05) is 11.6 Å². The average molecular weight is 268 g/mol. The van der Waals surface area contributed by atoms with Crippen LogP contribution in [0.1, 0.15) is 18.5 Å². The van der Waals surface area contributed by atoms with Crippen LogP contribution < -0.4 is 10.9 Å². The van der Waals surface area contributed by atoms with E-state index in [0.717, 1.165) is 17.4 Å². The number of anilines is 1. The second-order valence-corrected chi connectivity index (χ2v) is 4.67. The number of carbonyl (C=O) groups excluding carboxylic acids is 1. The summed E-state index contributed by atoms with van der Waals surface area (Å²) in [4.78, 5) is 31.5. The smallest absolute Gasteiger partial charge is 0.293 e. The molecule has 0 atom stereocenters. The summed E-state index contributed by atoms with van der Waals surface area (Å²) in [5, 5.41) is 5.31. The Kier molecular flexibility index (Phi) is 2.37. The Labute approximate surface area is 106 Å². The van der Waals surface area contributed by atoms with Crippen molar-refractivity contribution in [2.45, 2.75) is 19.8 Å². The molecule has 18 heavy (non-hydrogen) atoms. The molecule has 0 aliphatic heterocycles. The van der Waals surface area contributed by atoms with E-state index in [1.54, 1.807) is 6.92 Å². The van der Waals surface area contributed by atoms with E-state index in [0.29, 0.717) is 5.69 Å². The van der Waals surface area contributed by atoms with E-state index >= 15 is 0 Å². The van der Waals surface area contributed by atoms with Crippen molar-refractivity contribution >= 4 is 29.2 Å². The minimum atomic E-state index is -0.432. The van der Waals surface area contributed by atoms with E-state index in [4.69, 9.17) is 11.6 Å². The lowest BCUT2D eigenvalue weighted by Crippen LogP contribution is -2.18. The Hall–Kier alpha value is -1.89. The van der Waals surface area contributed by atoms with Crippen LogP contribution in [0.15, 0.2) is 4.79 Å². The van der Waals surface area contributed by atoms with Crippen LogP contribution in [0.5, 0.6) is 0 Å². The van der Waals surface area contributed by atoms with E-state index in [1.165, 1.54) is 0 Å². The number of nitrogens with one attached hydrogen (secondary N) is 2. The molecule has 2 N–H and O–H groups in total. The molecule has 7 nitrogen and oxygen atoms in total. The fourth-order valence-electron chi connectivity index (χ4n) is 1.62. The molecule has 0 saturated heterocycles. The highest BCUT2D eigenvalue weighted by Gasteiger charge is 2.30. The van der Waals surface area contributed by atoms with Crippen molar-refractivity contribution in [1.82, 2.24) is 19.6 Å². The maximum Gasteiger partial charge on any atom is 0.293 e. The average Bonchev–Trinajstić information content (AvgIpc) is 3.10. The summed E-state index contributed by atoms with van der Waals surface area (Å²) < 4.78 is 1.11. The Morgan fingerprint density at radius 3 is 2.89 bits per heavy atom. The van der Waals surface area contributed by atoms with Crippen LogP contribution in [0.25, 0.3) is 5.78 Å². The summed E-state index contributed by atoms with van der Waals surface area (Å²) in [7, 11) is 0. The van der Waals surface area contributed by atoms with Gasteiger partial charge >= 0.3 is 0 Å². The SMILES string of the molecule is Cc1nc2nc(NC(=O)C3CC3)[nH]n2c(=O)c1Cl. The Morgan fingerprint density at radius 2 is 2.22 bits per heavy atom. The highest BCUT2D eigenvalue weighted by Crippen LogP contribution is 2.29. The maximum absolute atomic E-state index is 11.8. The van der Waals surface area contributed by atoms with Crippen molar-refractivity contribution in [3.8, 4) is 0 Å². The first-order chi connectivity index (χ1) is 8.56. The number of fused-ring (bicyclic) bond motifs is 1. The molecule has 2 aromatic rings. The fraction of sp³-hybridized carbons (Fsp3) is 0.400. The molecule has 2 heterocycles. The fourth-order valence-corrected chi connectivity index (χ4v) is 1.75. The van der Waals surface area contributed by atoms with Crippen LogP contribution in [0, 0.1) is 12.8 Å². The van der Waals surface area contributed by atoms with Gasteiger partial charge in [0.05, 0.1) is 5.69 Å². The van der Waals surface area contributed by atoms with Crippen LogP contribution in [0.3, 0.4) is 0 Å². The molecule has 1 fully saturated rings. The molecule has 1 aliphatic rings. The number of aryl methyl sites for hydroxylation is 1. The third-order valence-electron chi connectivity index (χ3n) is 2.80. The summed E-state index contributed by atoms with van der Waals surface area (Å²) in [6, 6.07) is 0. The van der Waals surface area contributed by atoms with Crippen LogP contribution in [0.2, 0.25) is 5.02 Å². The summed E-state index contributed by atoms with van der Waals surface area (Å²) in [6.07, 6.45) is 1.80. The maximum atomic E-state index is 11.8. The molecule has 0 unspecified atom stereocenters. The van der Waals surface area contributed by atoms with Gasteiger partial charge in [0.2, 0.25) is 11.9 Å². The van der Waals surface area contributed by atoms with Gasteiger partial charge < -0.3 is 0 Å². The van der Waals surface area contributed by atoms with E-state index in [-0.39, 0.29) is 28.6 Å². The zero-order valence-electron chi connectivity index (χ0n) is 9.53. The molecule has 94 valence electrons. The first-order valence-corrected chi connectivity index (χ1v) is 5.90. The standard InChI is InChI=1S/C10H10ClN5O2/c1-4-6(11)8(18)16-10(12-4)14-9(15-16)13-7(17)5-2-3-5/h5H,2-3H2,1H3,(H2,12,13,14,15,17). The summed E-state index contributed by atoms with van der Waals surface area (Å²) in [6.45, 7) is 1.63. The van der Waals surface area contributed by atoms with Gasteiger partial charge in [-0.2, -0.15) is 9.50 Å². The Morgan fingerprint density at radius 1 is 1.50 bits per heavy atom. The number of carbonyl (C=O) groups is 1. The predicted octanol–water partition coefficient (Wildman–Crippen LogP) is 0.728. The molecule has 0 aromatic carbocycles. The number of aromatic amines is 1. The van der Waals surface area contributed by atoms with E-state index < -0.39 is 5.56 Å². The van der Waals surface area contributed by atoms with Crippen LogP contribution in [0.4, 0.5) is 5.95 Å². The first kappa shape index (κ1) is 11.2. The monoisotopic (exact) mass is 267 g/mol. The number of aromatic nitrogens is 4. The Balaban J connectivity index is 2.02. The van der Waals surface area contributed by atoms with Gasteiger partial charge in [-0.25, -0.2) is 4.98 Å². The molecule has 3 rings (SSSR count). The highest BCUT2D eigenvalue weighted by molar-refractivity contribution is 6.31. The zero-order valence-corrected chi connectivity index (χ0v) is 10.3. The summed E-state index contributed by atoms with van der Waals surface area (Å²) in [5.41, 5.74) is -0.0215. The van der Waals surface area contributed by atoms with Gasteiger partial charge in [-0.3, -0.25) is 20.0 Å². The van der Waals surface area contributed by atoms with Crippen molar-refractivity contribution < 1.29 is 4.79 Å². The van der Waals surface area contributed by atoms with E-state index in [1.807, 2.05) is 0 Å². The van der Waals surface area contributed by atoms with Crippen molar-refractivity contribution in [3.63, 3.8) is 0 Å². The molecule has 0 spiro atoms. The lowest BCUT2D eigenvalue weighted by molar-refractivity contribution is -0.117. The highest BCUT2D eigenvalue weighted by atomic mass is 35.5. The minimum absolute atomic E-state index is 0.0382. The quantitative estimate of drug-likeness (QED) is 0.839. The number of halogens is 1. The molecule has 1 saturated carbocycles. The molecule has 2 aromatic heterocycles. The number of H-pyrrole nitrogens is 1. The molecule has 0 radical (unpaired) electrons. The number of hydrogen-bond acceptors (Lipinski definition) is 4. The first-order valence-electron chi connectivity index (χ1n) is 5.52. The minimum Gasteiger partial charge on any atom is -0.295 e. The topological polar surface area (TPSA) is 92.2 Å². The number of rotatable bonds is 2. The molecular formula is C10H10ClN5O2. The second-order valence-electron chi connectivity index (χ2n) is 4.29. The van der Waals surface area contributed by atoms with E-state index in [2.05, 4.69) is 20.4 Å². The number of amides is 1. The van der Waals surface area contributed by atoms with Crippen molar-refractivity contribution in [3.05, 3.63) is 21.1 Å². The second kappa shape index (κ2) is 3.81. The van der Waals surface area contributed by atoms with Crippen molar-refractivity contribution in [2.24, 2.45) is 5.92 Å². The third-order valence-corrected chi connectivity index (χ3v) is 3.23. The van der Waals surface area contributed by atoms with Crippen LogP contribution in [-0.4, -0.2) is 25.5 Å². The summed E-state index contributed by atoms with van der Waals surface area (Å²) >= 11 is 5.80. The number of nitrogens with zero attached hydrogens (tertiary/aromatic N) is 3. The molecular weight excluding hydrogens is 258 g/mol. The van der Waals surface area contributed by atoms with Crippen LogP contribution >= 0.6 is 11.6 Å². The number of hydrogen-bond donors (Lipinski definition) is 2. The van der Waals surface area contributed by atoms with Gasteiger partial charge in [-0.15, -0.1) is 0 Å². The normalized spacial score (nSPS) is 15.0. The van der Waals surface area contributed by atoms with Crippen molar-refractivity contribution in [1.29, 1.82) is 0 Å². The lowest BCUT2D eigenvalue weighted by atomic mass is 10.4. The van der Waals surface area contributed by atoms with Gasteiger partial charge in [0.1, 0.15) is 5.02 Å². The lowest BCUT2D eigenvalue weighted by Gasteiger charge is -1.97. The van der Waals surface area contributed by atoms with Gasteiger partial charge in [0, 0.05) is 5.92 Å². The Bertz CT molecular complexity index is 700. The molecule has 8 heteroatoms. The third kappa shape index (κ3) is 1.76. The largest absolute Gasteiger partial charge is 0.295 e. The van der Waals surface area contributed by atoms with Gasteiger partial charge in [0.15, 0.2) is 0 Å². The zero-order chi connectivity index (χ0) is 12.9. The van der Waals surface area contributed by atoms with Crippen molar-refractivity contribution in [2.75, 3.05) is 5.32 Å². The van der Waals surface area contributed by atoms with Gasteiger partial charge in [0.25, 0.3) is 11.3 Å². The van der Waals surface area contributed by atoms with E-state index in [9.17, 15) is 9.59 Å².